The molecule has 0 aliphatic rings. The second-order valence-electron chi connectivity index (χ2n) is 3.29. The third-order valence-electron chi connectivity index (χ3n) is 2.15. The molecule has 15 heavy (non-hydrogen) atoms. The molecule has 6 nitrogen and oxygen atoms in total. The van der Waals surface area contributed by atoms with Crippen LogP contribution in [0.4, 0.5) is 5.82 Å². The van der Waals surface area contributed by atoms with E-state index in [0.29, 0.717) is 0 Å². The molecular weight excluding hydrogens is 196 g/mol. The second-order valence-corrected chi connectivity index (χ2v) is 3.29. The number of aromatic nitrogens is 2. The van der Waals surface area contributed by atoms with Crippen molar-refractivity contribution in [3.8, 4) is 0 Å². The fourth-order valence-corrected chi connectivity index (χ4v) is 0.960. The van der Waals surface area contributed by atoms with Gasteiger partial charge in [-0.2, -0.15) is 0 Å². The number of aliphatic hydroxyl groups is 1. The average Bonchev–Trinajstić information content (AvgIpc) is 2.27. The van der Waals surface area contributed by atoms with Gasteiger partial charge in [0.1, 0.15) is 5.82 Å². The summed E-state index contributed by atoms with van der Waals surface area (Å²) >= 11 is 0. The summed E-state index contributed by atoms with van der Waals surface area (Å²) in [5.41, 5.74) is 5.57. The van der Waals surface area contributed by atoms with Gasteiger partial charge in [0, 0.05) is 7.05 Å². The van der Waals surface area contributed by atoms with Gasteiger partial charge in [0.2, 0.25) is 0 Å². The van der Waals surface area contributed by atoms with E-state index in [0.717, 1.165) is 0 Å². The van der Waals surface area contributed by atoms with Crippen LogP contribution in [0.25, 0.3) is 0 Å². The fraction of sp³-hybridized carbons (Fsp3) is 0.444. The van der Waals surface area contributed by atoms with E-state index in [9.17, 15) is 4.79 Å². The van der Waals surface area contributed by atoms with Gasteiger partial charge in [0.15, 0.2) is 5.69 Å². The van der Waals surface area contributed by atoms with Crippen LogP contribution in [0.3, 0.4) is 0 Å². The lowest BCUT2D eigenvalue weighted by Gasteiger charge is -2.22. The SMILES string of the molecule is CC(CO)N(C)C(=O)c1ccc(N)nn1. The number of nitrogens with two attached hydrogens (primary N) is 1. The van der Waals surface area contributed by atoms with E-state index < -0.39 is 0 Å². The minimum absolute atomic E-state index is 0.0926. The predicted molar refractivity (Wildman–Crippen MR) is 55.1 cm³/mol. The molecule has 0 saturated heterocycles. The van der Waals surface area contributed by atoms with Crippen molar-refractivity contribution in [3.05, 3.63) is 17.8 Å². The monoisotopic (exact) mass is 210 g/mol. The molecule has 1 heterocycles. The van der Waals surface area contributed by atoms with Crippen molar-refractivity contribution in [1.82, 2.24) is 15.1 Å². The molecule has 0 aliphatic carbocycles. The first-order chi connectivity index (χ1) is 7.06. The minimum atomic E-state index is -0.288. The highest BCUT2D eigenvalue weighted by Gasteiger charge is 2.17. The number of aliphatic hydroxyl groups excluding tert-OH is 1. The molecular formula is C9H14N4O2. The fourth-order valence-electron chi connectivity index (χ4n) is 0.960. The maximum Gasteiger partial charge on any atom is 0.274 e. The van der Waals surface area contributed by atoms with Gasteiger partial charge in [-0.05, 0) is 19.1 Å². The maximum atomic E-state index is 11.7. The zero-order valence-electron chi connectivity index (χ0n) is 8.71. The Morgan fingerprint density at radius 2 is 2.27 bits per heavy atom. The summed E-state index contributed by atoms with van der Waals surface area (Å²) in [6.07, 6.45) is 0. The quantitative estimate of drug-likeness (QED) is 0.702. The van der Waals surface area contributed by atoms with Crippen LogP contribution in [-0.4, -0.2) is 45.8 Å². The number of anilines is 1. The molecule has 1 unspecified atom stereocenters. The van der Waals surface area contributed by atoms with Crippen molar-refractivity contribution in [2.45, 2.75) is 13.0 Å². The molecule has 0 fully saturated rings. The van der Waals surface area contributed by atoms with Crippen LogP contribution in [0, 0.1) is 0 Å². The Morgan fingerprint density at radius 3 is 2.73 bits per heavy atom. The number of hydrogen-bond acceptors (Lipinski definition) is 5. The maximum absolute atomic E-state index is 11.7. The average molecular weight is 210 g/mol. The summed E-state index contributed by atoms with van der Waals surface area (Å²) in [5.74, 6) is -0.0199. The third-order valence-corrected chi connectivity index (χ3v) is 2.15. The topological polar surface area (TPSA) is 92.3 Å². The molecule has 1 aromatic rings. The van der Waals surface area contributed by atoms with Crippen molar-refractivity contribution >= 4 is 11.7 Å². The van der Waals surface area contributed by atoms with E-state index in [1.54, 1.807) is 14.0 Å². The standard InChI is InChI=1S/C9H14N4O2/c1-6(5-14)13(2)9(15)7-3-4-8(10)12-11-7/h3-4,6,14H,5H2,1-2H3,(H2,10,12). The van der Waals surface area contributed by atoms with Gasteiger partial charge in [-0.15, -0.1) is 10.2 Å². The van der Waals surface area contributed by atoms with E-state index in [2.05, 4.69) is 10.2 Å². The van der Waals surface area contributed by atoms with Crippen molar-refractivity contribution < 1.29 is 9.90 Å². The van der Waals surface area contributed by atoms with E-state index in [1.807, 2.05) is 0 Å². The van der Waals surface area contributed by atoms with Crippen molar-refractivity contribution in [2.24, 2.45) is 0 Å². The Balaban J connectivity index is 2.80. The molecule has 1 aromatic heterocycles. The smallest absolute Gasteiger partial charge is 0.274 e. The van der Waals surface area contributed by atoms with Gasteiger partial charge >= 0.3 is 0 Å². The Hall–Kier alpha value is -1.69. The lowest BCUT2D eigenvalue weighted by molar-refractivity contribution is 0.0675. The molecule has 0 aliphatic heterocycles. The highest BCUT2D eigenvalue weighted by Crippen LogP contribution is 2.04. The first-order valence-corrected chi connectivity index (χ1v) is 4.53. The largest absolute Gasteiger partial charge is 0.394 e. The van der Waals surface area contributed by atoms with Gasteiger partial charge in [-0.1, -0.05) is 0 Å². The number of hydrogen-bond donors (Lipinski definition) is 2. The molecule has 1 amide bonds. The Kier molecular flexibility index (Phi) is 3.56. The lowest BCUT2D eigenvalue weighted by atomic mass is 10.2. The highest BCUT2D eigenvalue weighted by molar-refractivity contribution is 5.92. The van der Waals surface area contributed by atoms with Crippen LogP contribution in [-0.2, 0) is 0 Å². The zero-order chi connectivity index (χ0) is 11.4. The molecule has 0 aromatic carbocycles. The van der Waals surface area contributed by atoms with Crippen LogP contribution < -0.4 is 5.73 Å². The van der Waals surface area contributed by atoms with Crippen LogP contribution in [0.2, 0.25) is 0 Å². The van der Waals surface area contributed by atoms with Crippen molar-refractivity contribution in [3.63, 3.8) is 0 Å². The molecule has 6 heteroatoms. The zero-order valence-corrected chi connectivity index (χ0v) is 8.71. The third kappa shape index (κ3) is 2.63. The molecule has 0 saturated carbocycles. The Bertz CT molecular complexity index is 338. The number of rotatable bonds is 3. The number of carbonyl (C=O) groups is 1. The molecule has 0 bridgehead atoms. The number of carbonyl (C=O) groups excluding carboxylic acids is 1. The van der Waals surface area contributed by atoms with E-state index in [1.165, 1.54) is 17.0 Å². The molecule has 0 spiro atoms. The summed E-state index contributed by atoms with van der Waals surface area (Å²) in [6.45, 7) is 1.65. The summed E-state index contributed by atoms with van der Waals surface area (Å²) in [7, 11) is 1.60. The molecule has 82 valence electrons. The van der Waals surface area contributed by atoms with Gasteiger partial charge in [0.05, 0.1) is 12.6 Å². The van der Waals surface area contributed by atoms with Crippen LogP contribution in [0.1, 0.15) is 17.4 Å². The van der Waals surface area contributed by atoms with Gasteiger partial charge in [-0.25, -0.2) is 0 Å². The second kappa shape index (κ2) is 4.70. The lowest BCUT2D eigenvalue weighted by Crippen LogP contribution is -2.37. The Morgan fingerprint density at radius 1 is 1.60 bits per heavy atom. The molecule has 1 rings (SSSR count). The number of nitrogens with zero attached hydrogens (tertiary/aromatic N) is 3. The molecule has 3 N–H and O–H groups in total. The van der Waals surface area contributed by atoms with Crippen molar-refractivity contribution in [1.29, 1.82) is 0 Å². The minimum Gasteiger partial charge on any atom is -0.394 e. The Labute approximate surface area is 87.7 Å². The normalized spacial score (nSPS) is 12.2. The highest BCUT2D eigenvalue weighted by atomic mass is 16.3. The predicted octanol–water partition coefficient (Wildman–Crippen LogP) is -0.488. The van der Waals surface area contributed by atoms with E-state index >= 15 is 0 Å². The first-order valence-electron chi connectivity index (χ1n) is 4.53. The number of amides is 1. The molecule has 1 atom stereocenters. The summed E-state index contributed by atoms with van der Waals surface area (Å²) in [4.78, 5) is 13.1. The van der Waals surface area contributed by atoms with Crippen molar-refractivity contribution in [2.75, 3.05) is 19.4 Å². The summed E-state index contributed by atoms with van der Waals surface area (Å²) in [5, 5.41) is 16.1. The molecule has 0 radical (unpaired) electrons. The number of likely N-dealkylation sites (N-methyl/N-ethyl adjacent to an activating group) is 1. The van der Waals surface area contributed by atoms with Crippen LogP contribution >= 0.6 is 0 Å². The first kappa shape index (κ1) is 11.4. The summed E-state index contributed by atoms with van der Waals surface area (Å²) < 4.78 is 0. The number of nitrogen functional groups attached to an aromatic ring is 1. The van der Waals surface area contributed by atoms with E-state index in [4.69, 9.17) is 10.8 Å². The van der Waals surface area contributed by atoms with Gasteiger partial charge in [0.25, 0.3) is 5.91 Å². The summed E-state index contributed by atoms with van der Waals surface area (Å²) in [6, 6.07) is 2.76. The van der Waals surface area contributed by atoms with Crippen LogP contribution in [0.15, 0.2) is 12.1 Å². The van der Waals surface area contributed by atoms with Gasteiger partial charge in [-0.3, -0.25) is 4.79 Å². The van der Waals surface area contributed by atoms with Crippen LogP contribution in [0.5, 0.6) is 0 Å². The van der Waals surface area contributed by atoms with E-state index in [-0.39, 0.29) is 30.1 Å². The van der Waals surface area contributed by atoms with Gasteiger partial charge < -0.3 is 15.7 Å².